The SMILES string of the molecule is C[C@@H](C(=O)OCC(=O)Nc1ncc(C(F)(F)F)cc1Cl)N1C(=O)c2ccccc2C1=O. The van der Waals surface area contributed by atoms with Crippen LogP contribution in [0.4, 0.5) is 19.0 Å². The molecule has 1 aliphatic heterocycles. The Labute approximate surface area is 177 Å². The Balaban J connectivity index is 1.59. The third-order valence-corrected chi connectivity index (χ3v) is 4.61. The summed E-state index contributed by atoms with van der Waals surface area (Å²) in [6.45, 7) is 0.418. The first kappa shape index (κ1) is 22.2. The molecule has 0 spiro atoms. The monoisotopic (exact) mass is 455 g/mol. The first-order valence-electron chi connectivity index (χ1n) is 8.67. The van der Waals surface area contributed by atoms with Crippen molar-refractivity contribution in [2.24, 2.45) is 0 Å². The van der Waals surface area contributed by atoms with Crippen molar-refractivity contribution in [1.29, 1.82) is 0 Å². The van der Waals surface area contributed by atoms with Crippen LogP contribution in [0.2, 0.25) is 5.02 Å². The molecule has 0 aliphatic carbocycles. The van der Waals surface area contributed by atoms with Crippen LogP contribution in [0.15, 0.2) is 36.5 Å². The second-order valence-electron chi connectivity index (χ2n) is 6.41. The smallest absolute Gasteiger partial charge is 0.417 e. The van der Waals surface area contributed by atoms with Crippen LogP contribution in [0.5, 0.6) is 0 Å². The number of esters is 1. The summed E-state index contributed by atoms with van der Waals surface area (Å²) in [6.07, 6.45) is -4.17. The summed E-state index contributed by atoms with van der Waals surface area (Å²) in [4.78, 5) is 53.1. The van der Waals surface area contributed by atoms with Gasteiger partial charge in [-0.25, -0.2) is 9.78 Å². The highest BCUT2D eigenvalue weighted by Gasteiger charge is 2.41. The minimum absolute atomic E-state index is 0.146. The van der Waals surface area contributed by atoms with Gasteiger partial charge in [-0.3, -0.25) is 19.3 Å². The van der Waals surface area contributed by atoms with Crippen LogP contribution in [0.25, 0.3) is 0 Å². The summed E-state index contributed by atoms with van der Waals surface area (Å²) in [5.74, 6) is -3.66. The molecule has 2 aromatic rings. The average Bonchev–Trinajstić information content (AvgIpc) is 2.97. The molecule has 0 radical (unpaired) electrons. The molecule has 0 bridgehead atoms. The fourth-order valence-corrected chi connectivity index (χ4v) is 2.99. The number of pyridine rings is 1. The van der Waals surface area contributed by atoms with Gasteiger partial charge in [-0.05, 0) is 25.1 Å². The molecule has 1 atom stereocenters. The second kappa shape index (κ2) is 8.34. The van der Waals surface area contributed by atoms with Crippen molar-refractivity contribution in [1.82, 2.24) is 9.88 Å². The van der Waals surface area contributed by atoms with E-state index in [2.05, 4.69) is 10.3 Å². The number of hydrogen-bond donors (Lipinski definition) is 1. The first-order valence-corrected chi connectivity index (χ1v) is 9.04. The molecule has 1 aliphatic rings. The number of amides is 3. The van der Waals surface area contributed by atoms with E-state index in [-0.39, 0.29) is 16.9 Å². The molecule has 0 saturated carbocycles. The maximum atomic E-state index is 12.6. The van der Waals surface area contributed by atoms with E-state index in [9.17, 15) is 32.3 Å². The van der Waals surface area contributed by atoms with Crippen molar-refractivity contribution < 1.29 is 37.1 Å². The number of carbonyl (C=O) groups excluding carboxylic acids is 4. The van der Waals surface area contributed by atoms with Gasteiger partial charge in [0.15, 0.2) is 12.4 Å². The standard InChI is InChI=1S/C19H13ClF3N3O5/c1-9(26-16(28)11-4-2-3-5-12(11)17(26)29)18(30)31-8-14(27)25-15-13(20)6-10(7-24-15)19(21,22)23/h2-7,9H,8H2,1H3,(H,24,25,27)/t9-/m0/s1. The highest BCUT2D eigenvalue weighted by molar-refractivity contribution is 6.33. The molecule has 31 heavy (non-hydrogen) atoms. The zero-order valence-electron chi connectivity index (χ0n) is 15.7. The number of aromatic nitrogens is 1. The predicted molar refractivity (Wildman–Crippen MR) is 100 cm³/mol. The molecule has 0 saturated heterocycles. The summed E-state index contributed by atoms with van der Waals surface area (Å²) in [7, 11) is 0. The number of alkyl halides is 3. The third-order valence-electron chi connectivity index (χ3n) is 4.33. The number of ether oxygens (including phenoxy) is 1. The Bertz CT molecular complexity index is 1050. The van der Waals surface area contributed by atoms with Crippen LogP contribution in [0.3, 0.4) is 0 Å². The molecule has 162 valence electrons. The lowest BCUT2D eigenvalue weighted by Crippen LogP contribution is -2.44. The molecule has 1 aromatic heterocycles. The van der Waals surface area contributed by atoms with Gasteiger partial charge in [0, 0.05) is 6.20 Å². The number of rotatable bonds is 5. The molecule has 8 nitrogen and oxygen atoms in total. The van der Waals surface area contributed by atoms with E-state index in [1.165, 1.54) is 19.1 Å². The summed E-state index contributed by atoms with van der Waals surface area (Å²) in [5, 5.41) is 1.65. The van der Waals surface area contributed by atoms with Crippen LogP contribution in [0, 0.1) is 0 Å². The number of benzene rings is 1. The van der Waals surface area contributed by atoms with E-state index in [0.717, 1.165) is 4.90 Å². The minimum Gasteiger partial charge on any atom is -0.454 e. The van der Waals surface area contributed by atoms with Crippen LogP contribution < -0.4 is 5.32 Å². The van der Waals surface area contributed by atoms with Gasteiger partial charge in [-0.1, -0.05) is 23.7 Å². The maximum Gasteiger partial charge on any atom is 0.417 e. The number of hydrogen-bond acceptors (Lipinski definition) is 6. The largest absolute Gasteiger partial charge is 0.454 e. The highest BCUT2D eigenvalue weighted by Crippen LogP contribution is 2.32. The van der Waals surface area contributed by atoms with Gasteiger partial charge in [0.2, 0.25) is 0 Å². The van der Waals surface area contributed by atoms with Gasteiger partial charge in [0.25, 0.3) is 17.7 Å². The van der Waals surface area contributed by atoms with Crippen LogP contribution in [-0.2, 0) is 20.5 Å². The topological polar surface area (TPSA) is 106 Å². The van der Waals surface area contributed by atoms with Crippen molar-refractivity contribution in [3.8, 4) is 0 Å². The van der Waals surface area contributed by atoms with Crippen LogP contribution in [-0.4, -0.2) is 46.2 Å². The summed E-state index contributed by atoms with van der Waals surface area (Å²) < 4.78 is 42.7. The number of nitrogens with zero attached hydrogens (tertiary/aromatic N) is 2. The third kappa shape index (κ3) is 4.50. The van der Waals surface area contributed by atoms with Gasteiger partial charge >= 0.3 is 12.1 Å². The highest BCUT2D eigenvalue weighted by atomic mass is 35.5. The number of halogens is 4. The number of nitrogens with one attached hydrogen (secondary N) is 1. The van der Waals surface area contributed by atoms with Gasteiger partial charge in [0.05, 0.1) is 21.7 Å². The van der Waals surface area contributed by atoms with E-state index >= 15 is 0 Å². The molecular weight excluding hydrogens is 443 g/mol. The van der Waals surface area contributed by atoms with Gasteiger partial charge in [-0.2, -0.15) is 13.2 Å². The van der Waals surface area contributed by atoms with Crippen LogP contribution in [0.1, 0.15) is 33.2 Å². The molecule has 12 heteroatoms. The summed E-state index contributed by atoms with van der Waals surface area (Å²) in [6, 6.07) is 5.31. The van der Waals surface area contributed by atoms with E-state index < -0.39 is 53.1 Å². The maximum absolute atomic E-state index is 12.6. The van der Waals surface area contributed by atoms with Gasteiger partial charge in [-0.15, -0.1) is 0 Å². The fraction of sp³-hybridized carbons (Fsp3) is 0.211. The average molecular weight is 456 g/mol. The van der Waals surface area contributed by atoms with Gasteiger partial charge < -0.3 is 10.1 Å². The quantitative estimate of drug-likeness (QED) is 0.549. The fourth-order valence-electron chi connectivity index (χ4n) is 2.78. The molecule has 0 fully saturated rings. The van der Waals surface area contributed by atoms with Crippen molar-refractivity contribution in [3.63, 3.8) is 0 Å². The number of anilines is 1. The van der Waals surface area contributed by atoms with Crippen molar-refractivity contribution in [2.45, 2.75) is 19.1 Å². The van der Waals surface area contributed by atoms with Crippen molar-refractivity contribution in [2.75, 3.05) is 11.9 Å². The number of fused-ring (bicyclic) bond motifs is 1. The lowest BCUT2D eigenvalue weighted by atomic mass is 10.1. The van der Waals surface area contributed by atoms with E-state index in [4.69, 9.17) is 16.3 Å². The Morgan fingerprint density at radius 3 is 2.29 bits per heavy atom. The summed E-state index contributed by atoms with van der Waals surface area (Å²) >= 11 is 5.69. The van der Waals surface area contributed by atoms with E-state index in [1.807, 2.05) is 0 Å². The first-order chi connectivity index (χ1) is 14.5. The van der Waals surface area contributed by atoms with E-state index in [1.54, 1.807) is 12.1 Å². The number of imide groups is 1. The lowest BCUT2D eigenvalue weighted by molar-refractivity contribution is -0.150. The zero-order valence-corrected chi connectivity index (χ0v) is 16.5. The van der Waals surface area contributed by atoms with Crippen molar-refractivity contribution >= 4 is 41.1 Å². The Kier molecular flexibility index (Phi) is 5.98. The molecule has 3 rings (SSSR count). The van der Waals surface area contributed by atoms with Gasteiger partial charge in [0.1, 0.15) is 6.04 Å². The second-order valence-corrected chi connectivity index (χ2v) is 6.82. The predicted octanol–water partition coefficient (Wildman–Crippen LogP) is 2.92. The normalized spacial score (nSPS) is 14.3. The van der Waals surface area contributed by atoms with Crippen LogP contribution >= 0.6 is 11.6 Å². The Morgan fingerprint density at radius 1 is 1.19 bits per heavy atom. The Hall–Kier alpha value is -3.47. The molecular formula is C19H13ClF3N3O5. The van der Waals surface area contributed by atoms with E-state index in [0.29, 0.717) is 12.3 Å². The zero-order chi connectivity index (χ0) is 22.9. The molecule has 1 N–H and O–H groups in total. The minimum atomic E-state index is -4.66. The lowest BCUT2D eigenvalue weighted by Gasteiger charge is -2.20. The van der Waals surface area contributed by atoms with Crippen molar-refractivity contribution in [3.05, 3.63) is 58.2 Å². The molecule has 0 unspecified atom stereocenters. The molecule has 3 amide bonds. The molecule has 1 aromatic carbocycles. The summed E-state index contributed by atoms with van der Waals surface area (Å²) in [5.41, 5.74) is -0.808. The molecule has 2 heterocycles. The number of carbonyl (C=O) groups is 4. The Morgan fingerprint density at radius 2 is 1.77 bits per heavy atom.